The molecule has 6 heterocycles. The van der Waals surface area contributed by atoms with Crippen LogP contribution in [-0.4, -0.2) is 75.5 Å². The highest BCUT2D eigenvalue weighted by Gasteiger charge is 2.63. The number of hydrogen-bond donors (Lipinski definition) is 0. The second kappa shape index (κ2) is 18.4. The third-order valence-electron chi connectivity index (χ3n) is 14.3. The number of anilines is 2. The standard InChI is InChI=1S/2C28H24N2O6S/c2*1-2-35-26(31)22-18-30-24(20-12-6-9-15-25(20)36-37(30,33)34)16-28(22)21-13-7-8-14-23(21)29(27(28)32)17-19-10-4-3-5-11-19/h2*3-16,22H,2,17-18H2,1H3/t2*22-,28-/m10/s1. The summed E-state index contributed by atoms with van der Waals surface area (Å²) in [6, 6.07) is 47.4. The van der Waals surface area contributed by atoms with Gasteiger partial charge in [-0.3, -0.25) is 19.2 Å². The van der Waals surface area contributed by atoms with E-state index in [0.717, 1.165) is 19.7 Å². The Morgan fingerprint density at radius 2 is 0.865 bits per heavy atom. The highest BCUT2D eigenvalue weighted by Crippen LogP contribution is 2.56. The van der Waals surface area contributed by atoms with Crippen molar-refractivity contribution in [2.75, 3.05) is 36.1 Å². The SMILES string of the molecule is CCOC(=O)[C@@H]1CN2C(=C[C@@]13C(=O)N(Cc1ccccc1)c1ccccc13)c1ccccc1OS2(=O)=O.CCOC(=O)[C@H]1CN2C(=C[C@]13C(=O)N(Cc1ccccc1)c1ccccc13)c1ccccc1OS2(=O)=O. The number of hydrogen-bond acceptors (Lipinski definition) is 12. The maximum Gasteiger partial charge on any atom is 0.410 e. The number of carbonyl (C=O) groups excluding carboxylic acids is 4. The quantitative estimate of drug-likeness (QED) is 0.139. The average Bonchev–Trinajstić information content (AvgIpc) is 3.76. The first-order chi connectivity index (χ1) is 35.7. The van der Waals surface area contributed by atoms with Crippen molar-refractivity contribution in [2.24, 2.45) is 11.8 Å². The molecule has 0 radical (unpaired) electrons. The first-order valence-corrected chi connectivity index (χ1v) is 26.8. The van der Waals surface area contributed by atoms with Crippen molar-refractivity contribution < 1.29 is 53.9 Å². The molecule has 12 rings (SSSR count). The number of esters is 2. The van der Waals surface area contributed by atoms with Crippen LogP contribution in [0.2, 0.25) is 0 Å². The van der Waals surface area contributed by atoms with Crippen LogP contribution in [0.3, 0.4) is 0 Å². The largest absolute Gasteiger partial charge is 0.466 e. The molecule has 74 heavy (non-hydrogen) atoms. The highest BCUT2D eigenvalue weighted by atomic mass is 32.2. The topological polar surface area (TPSA) is 186 Å². The van der Waals surface area contributed by atoms with Gasteiger partial charge in [-0.15, -0.1) is 0 Å². The van der Waals surface area contributed by atoms with E-state index in [1.807, 2.05) is 109 Å². The van der Waals surface area contributed by atoms with Crippen molar-refractivity contribution in [3.8, 4) is 11.5 Å². The van der Waals surface area contributed by atoms with E-state index in [9.17, 15) is 36.0 Å². The number of rotatable bonds is 8. The van der Waals surface area contributed by atoms with Gasteiger partial charge in [-0.25, -0.2) is 8.61 Å². The number of ether oxygens (including phenoxy) is 2. The summed E-state index contributed by atoms with van der Waals surface area (Å²) in [5, 5.41) is 0. The van der Waals surface area contributed by atoms with E-state index in [1.54, 1.807) is 84.3 Å². The predicted molar refractivity (Wildman–Crippen MR) is 273 cm³/mol. The number of nitrogens with zero attached hydrogens (tertiary/aromatic N) is 4. The van der Waals surface area contributed by atoms with Crippen LogP contribution >= 0.6 is 0 Å². The van der Waals surface area contributed by atoms with E-state index in [-0.39, 0.29) is 49.6 Å². The van der Waals surface area contributed by atoms with Crippen molar-refractivity contribution in [1.82, 2.24) is 8.61 Å². The Kier molecular flexibility index (Phi) is 11.9. The smallest absolute Gasteiger partial charge is 0.410 e. The molecule has 0 unspecified atom stereocenters. The molecular weight excluding hydrogens is 985 g/mol. The molecule has 0 aliphatic carbocycles. The molecule has 6 aromatic carbocycles. The van der Waals surface area contributed by atoms with E-state index in [1.165, 1.54) is 0 Å². The van der Waals surface area contributed by atoms with Gasteiger partial charge in [0.2, 0.25) is 11.8 Å². The van der Waals surface area contributed by atoms with Crippen molar-refractivity contribution in [3.63, 3.8) is 0 Å². The van der Waals surface area contributed by atoms with Gasteiger partial charge in [0.25, 0.3) is 0 Å². The minimum Gasteiger partial charge on any atom is -0.466 e. The van der Waals surface area contributed by atoms with E-state index >= 15 is 0 Å². The summed E-state index contributed by atoms with van der Waals surface area (Å²) >= 11 is 0. The molecule has 0 saturated carbocycles. The van der Waals surface area contributed by atoms with Gasteiger partial charge in [0.15, 0.2) is 11.5 Å². The third kappa shape index (κ3) is 7.61. The van der Waals surface area contributed by atoms with Crippen LogP contribution in [0.15, 0.2) is 170 Å². The first-order valence-electron chi connectivity index (χ1n) is 24.1. The Balaban J connectivity index is 0.000000159. The lowest BCUT2D eigenvalue weighted by atomic mass is 9.68. The minimum absolute atomic E-state index is 0.0949. The van der Waals surface area contributed by atoms with Crippen LogP contribution < -0.4 is 18.2 Å². The second-order valence-electron chi connectivity index (χ2n) is 18.3. The molecule has 0 aromatic heterocycles. The first kappa shape index (κ1) is 48.1. The molecule has 2 amide bonds. The van der Waals surface area contributed by atoms with E-state index in [4.69, 9.17) is 17.8 Å². The summed E-state index contributed by atoms with van der Waals surface area (Å²) in [4.78, 5) is 59.2. The molecule has 0 N–H and O–H groups in total. The monoisotopic (exact) mass is 1030 g/mol. The molecule has 0 fully saturated rings. The van der Waals surface area contributed by atoms with Gasteiger partial charge in [0, 0.05) is 22.5 Å². The minimum atomic E-state index is -4.25. The van der Waals surface area contributed by atoms with Crippen molar-refractivity contribution in [1.29, 1.82) is 0 Å². The zero-order chi connectivity index (χ0) is 51.6. The fraction of sp³-hybridized carbons (Fsp3) is 0.214. The Bertz CT molecular complexity index is 3340. The molecule has 0 bridgehead atoms. The summed E-state index contributed by atoms with van der Waals surface area (Å²) < 4.78 is 76.2. The number of para-hydroxylation sites is 4. The zero-order valence-corrected chi connectivity index (χ0v) is 41.7. The summed E-state index contributed by atoms with van der Waals surface area (Å²) in [7, 11) is -8.50. The number of amides is 2. The van der Waals surface area contributed by atoms with Gasteiger partial charge in [0.05, 0.1) is 62.6 Å². The maximum atomic E-state index is 14.5. The summed E-state index contributed by atoms with van der Waals surface area (Å²) in [6.07, 6.45) is 3.26. The van der Waals surface area contributed by atoms with Crippen LogP contribution in [0.5, 0.6) is 11.5 Å². The van der Waals surface area contributed by atoms with Crippen LogP contribution in [0.4, 0.5) is 11.4 Å². The number of benzene rings is 6. The third-order valence-corrected chi connectivity index (χ3v) is 16.9. The predicted octanol–water partition coefficient (Wildman–Crippen LogP) is 7.29. The summed E-state index contributed by atoms with van der Waals surface area (Å²) in [6.45, 7) is 3.57. The van der Waals surface area contributed by atoms with Gasteiger partial charge in [-0.05, 0) is 84.7 Å². The number of carbonyl (C=O) groups is 4. The Morgan fingerprint density at radius 3 is 1.26 bits per heavy atom. The second-order valence-corrected chi connectivity index (χ2v) is 21.3. The lowest BCUT2D eigenvalue weighted by Gasteiger charge is -2.43. The lowest BCUT2D eigenvalue weighted by Crippen LogP contribution is -2.56. The molecule has 18 heteroatoms. The van der Waals surface area contributed by atoms with Crippen molar-refractivity contribution in [3.05, 3.63) is 203 Å². The van der Waals surface area contributed by atoms with Crippen LogP contribution in [0, 0.1) is 11.8 Å². The van der Waals surface area contributed by atoms with Gasteiger partial charge < -0.3 is 27.6 Å². The summed E-state index contributed by atoms with van der Waals surface area (Å²) in [5.74, 6) is -3.77. The molecule has 4 atom stereocenters. The van der Waals surface area contributed by atoms with Gasteiger partial charge in [-0.1, -0.05) is 121 Å². The fourth-order valence-corrected chi connectivity index (χ4v) is 13.4. The Hall–Kier alpha value is -8.22. The Morgan fingerprint density at radius 1 is 0.514 bits per heavy atom. The van der Waals surface area contributed by atoms with E-state index in [0.29, 0.717) is 58.1 Å². The van der Waals surface area contributed by atoms with E-state index < -0.39 is 55.2 Å². The lowest BCUT2D eigenvalue weighted by molar-refractivity contribution is -0.153. The summed E-state index contributed by atoms with van der Waals surface area (Å²) in [5.41, 5.74) is 3.28. The molecule has 2 spiro atoms. The Labute approximate surface area is 428 Å². The van der Waals surface area contributed by atoms with Crippen molar-refractivity contribution in [2.45, 2.75) is 37.8 Å². The van der Waals surface area contributed by atoms with Crippen molar-refractivity contribution >= 4 is 67.1 Å². The number of fused-ring (bicyclic) bond motifs is 10. The van der Waals surface area contributed by atoms with Crippen LogP contribution in [-0.2, 0) is 73.2 Å². The fourth-order valence-electron chi connectivity index (χ4n) is 11.1. The molecule has 376 valence electrons. The molecular formula is C56H48N4O12S2. The average molecular weight is 1030 g/mol. The van der Waals surface area contributed by atoms with Crippen LogP contribution in [0.25, 0.3) is 11.4 Å². The molecule has 6 aromatic rings. The molecule has 6 aliphatic rings. The molecule has 16 nitrogen and oxygen atoms in total. The molecule has 6 aliphatic heterocycles. The molecule has 0 saturated heterocycles. The van der Waals surface area contributed by atoms with Gasteiger partial charge >= 0.3 is 32.5 Å². The van der Waals surface area contributed by atoms with Crippen LogP contribution in [0.1, 0.15) is 47.2 Å². The van der Waals surface area contributed by atoms with Gasteiger partial charge in [0.1, 0.15) is 10.8 Å². The van der Waals surface area contributed by atoms with Gasteiger partial charge in [-0.2, -0.15) is 16.8 Å². The zero-order valence-electron chi connectivity index (χ0n) is 40.1. The maximum absolute atomic E-state index is 14.5. The highest BCUT2D eigenvalue weighted by molar-refractivity contribution is 7.85. The van der Waals surface area contributed by atoms with E-state index in [2.05, 4.69) is 0 Å². The normalized spacial score (nSPS) is 23.0.